The van der Waals surface area contributed by atoms with Gasteiger partial charge in [0.05, 0.1) is 13.2 Å². The molecular formula is C29H56NO8P. The van der Waals surface area contributed by atoms with Gasteiger partial charge < -0.3 is 20.1 Å². The topological polar surface area (TPSA) is 134 Å². The van der Waals surface area contributed by atoms with Crippen molar-refractivity contribution in [2.45, 2.75) is 136 Å². The summed E-state index contributed by atoms with van der Waals surface area (Å²) in [6.07, 6.45) is 24.7. The highest BCUT2D eigenvalue weighted by atomic mass is 31.2. The van der Waals surface area contributed by atoms with E-state index in [1.165, 1.54) is 90.4 Å². The van der Waals surface area contributed by atoms with Gasteiger partial charge in [-0.15, -0.1) is 0 Å². The lowest BCUT2D eigenvalue weighted by molar-refractivity contribution is -0.160. The van der Waals surface area contributed by atoms with Crippen LogP contribution in [0.4, 0.5) is 0 Å². The van der Waals surface area contributed by atoms with Gasteiger partial charge in [-0.25, -0.2) is 4.57 Å². The predicted molar refractivity (Wildman–Crippen MR) is 155 cm³/mol. The van der Waals surface area contributed by atoms with Crippen molar-refractivity contribution in [1.82, 2.24) is 0 Å². The number of hydrogen-bond acceptors (Lipinski definition) is 8. The molecule has 0 aromatic heterocycles. The Morgan fingerprint density at radius 2 is 1.31 bits per heavy atom. The number of carbonyl (C=O) groups is 2. The average molecular weight is 578 g/mol. The maximum Gasteiger partial charge on any atom is 0.472 e. The van der Waals surface area contributed by atoms with E-state index < -0.39 is 32.5 Å². The Morgan fingerprint density at radius 3 is 1.82 bits per heavy atom. The molecule has 10 heteroatoms. The highest BCUT2D eigenvalue weighted by Gasteiger charge is 2.25. The number of rotatable bonds is 28. The standard InChI is InChI=1S/C29H56NO8P/c1-3-4-5-6-7-8-9-10-11-12-13-14-15-16-17-18-19-20-21-22-29(32)38-28(25-35-27(2)31)26-37-39(33,34)36-24-23-30/h10-11,28H,3-9,12-26,30H2,1-2H3,(H,33,34)/b11-10-. The van der Waals surface area contributed by atoms with Crippen molar-refractivity contribution in [1.29, 1.82) is 0 Å². The molecule has 2 atom stereocenters. The van der Waals surface area contributed by atoms with Gasteiger partial charge in [-0.1, -0.05) is 96.1 Å². The zero-order valence-corrected chi connectivity index (χ0v) is 25.5. The largest absolute Gasteiger partial charge is 0.472 e. The number of phosphoric ester groups is 1. The lowest BCUT2D eigenvalue weighted by atomic mass is 10.1. The van der Waals surface area contributed by atoms with Crippen molar-refractivity contribution >= 4 is 19.8 Å². The van der Waals surface area contributed by atoms with E-state index in [0.29, 0.717) is 6.42 Å². The molecule has 0 aliphatic heterocycles. The zero-order valence-electron chi connectivity index (χ0n) is 24.6. The van der Waals surface area contributed by atoms with Crippen LogP contribution in [0.2, 0.25) is 0 Å². The van der Waals surface area contributed by atoms with Gasteiger partial charge in [0, 0.05) is 19.9 Å². The molecular weight excluding hydrogens is 521 g/mol. The van der Waals surface area contributed by atoms with Crippen LogP contribution in [0.1, 0.15) is 129 Å². The number of hydrogen-bond donors (Lipinski definition) is 2. The Bertz CT molecular complexity index is 674. The van der Waals surface area contributed by atoms with Crippen LogP contribution in [0, 0.1) is 0 Å². The summed E-state index contributed by atoms with van der Waals surface area (Å²) in [5.74, 6) is -1.02. The van der Waals surface area contributed by atoms with Gasteiger partial charge in [0.25, 0.3) is 0 Å². The fourth-order valence-corrected chi connectivity index (χ4v) is 4.77. The molecule has 0 aromatic rings. The van der Waals surface area contributed by atoms with Crippen molar-refractivity contribution in [2.24, 2.45) is 5.73 Å². The molecule has 0 radical (unpaired) electrons. The molecule has 0 heterocycles. The molecule has 9 nitrogen and oxygen atoms in total. The molecule has 3 N–H and O–H groups in total. The minimum atomic E-state index is -4.33. The quantitative estimate of drug-likeness (QED) is 0.0430. The Labute approximate surface area is 237 Å². The molecule has 39 heavy (non-hydrogen) atoms. The Kier molecular flexibility index (Phi) is 26.1. The summed E-state index contributed by atoms with van der Waals surface area (Å²) >= 11 is 0. The summed E-state index contributed by atoms with van der Waals surface area (Å²) in [6.45, 7) is 2.67. The fourth-order valence-electron chi connectivity index (χ4n) is 4.00. The summed E-state index contributed by atoms with van der Waals surface area (Å²) < 4.78 is 31.4. The average Bonchev–Trinajstić information content (AvgIpc) is 2.90. The number of carbonyl (C=O) groups excluding carboxylic acids is 2. The summed E-state index contributed by atoms with van der Waals surface area (Å²) in [5, 5.41) is 0. The summed E-state index contributed by atoms with van der Waals surface area (Å²) in [6, 6.07) is 0. The SMILES string of the molecule is CCCCCCCC/C=C\CCCCCCCCCCCC(=O)OC(COC(C)=O)COP(=O)(O)OCCN. The number of ether oxygens (including phenoxy) is 2. The van der Waals surface area contributed by atoms with Crippen molar-refractivity contribution in [2.75, 3.05) is 26.4 Å². The second-order valence-corrected chi connectivity index (χ2v) is 11.5. The van der Waals surface area contributed by atoms with Crippen LogP contribution < -0.4 is 5.73 Å². The van der Waals surface area contributed by atoms with Gasteiger partial charge in [0.2, 0.25) is 0 Å². The zero-order chi connectivity index (χ0) is 29.0. The van der Waals surface area contributed by atoms with Crippen molar-refractivity contribution < 1.29 is 37.6 Å². The molecule has 2 unspecified atom stereocenters. The van der Waals surface area contributed by atoms with Crippen LogP contribution in [0.5, 0.6) is 0 Å². The first-order chi connectivity index (χ1) is 18.8. The van der Waals surface area contributed by atoms with Crippen LogP contribution in [0.25, 0.3) is 0 Å². The summed E-state index contributed by atoms with van der Waals surface area (Å²) in [7, 11) is -4.33. The third-order valence-electron chi connectivity index (χ3n) is 6.21. The second kappa shape index (κ2) is 26.9. The van der Waals surface area contributed by atoms with E-state index in [9.17, 15) is 19.0 Å². The van der Waals surface area contributed by atoms with Crippen LogP contribution >= 0.6 is 7.82 Å². The highest BCUT2D eigenvalue weighted by Crippen LogP contribution is 2.43. The predicted octanol–water partition coefficient (Wildman–Crippen LogP) is 7.15. The molecule has 0 saturated carbocycles. The maximum absolute atomic E-state index is 12.2. The highest BCUT2D eigenvalue weighted by molar-refractivity contribution is 7.47. The van der Waals surface area contributed by atoms with Crippen molar-refractivity contribution in [3.63, 3.8) is 0 Å². The molecule has 0 rings (SSSR count). The van der Waals surface area contributed by atoms with Gasteiger partial charge in [-0.2, -0.15) is 0 Å². The third-order valence-corrected chi connectivity index (χ3v) is 7.19. The fraction of sp³-hybridized carbons (Fsp3) is 0.862. The number of esters is 2. The molecule has 0 aliphatic rings. The Hall–Kier alpha value is -1.25. The lowest BCUT2D eigenvalue weighted by Gasteiger charge is -2.19. The lowest BCUT2D eigenvalue weighted by Crippen LogP contribution is -2.29. The molecule has 0 spiro atoms. The minimum absolute atomic E-state index is 0.0526. The summed E-state index contributed by atoms with van der Waals surface area (Å²) in [4.78, 5) is 32.9. The monoisotopic (exact) mass is 577 g/mol. The molecule has 0 amide bonds. The van der Waals surface area contributed by atoms with Gasteiger partial charge in [-0.3, -0.25) is 18.6 Å². The van der Waals surface area contributed by atoms with E-state index in [4.69, 9.17) is 19.7 Å². The Morgan fingerprint density at radius 1 is 0.795 bits per heavy atom. The van der Waals surface area contributed by atoms with Gasteiger partial charge in [0.1, 0.15) is 6.61 Å². The Balaban J connectivity index is 3.77. The van der Waals surface area contributed by atoms with Crippen LogP contribution in [0.3, 0.4) is 0 Å². The molecule has 0 aliphatic carbocycles. The van der Waals surface area contributed by atoms with E-state index in [2.05, 4.69) is 23.6 Å². The van der Waals surface area contributed by atoms with Crippen molar-refractivity contribution in [3.8, 4) is 0 Å². The first-order valence-electron chi connectivity index (χ1n) is 15.1. The number of phosphoric acid groups is 1. The maximum atomic E-state index is 12.2. The first-order valence-corrected chi connectivity index (χ1v) is 16.6. The van der Waals surface area contributed by atoms with E-state index in [0.717, 1.165) is 19.3 Å². The van der Waals surface area contributed by atoms with E-state index in [1.807, 2.05) is 0 Å². The molecule has 0 fully saturated rings. The van der Waals surface area contributed by atoms with Crippen molar-refractivity contribution in [3.05, 3.63) is 12.2 Å². The molecule has 0 bridgehead atoms. The number of allylic oxidation sites excluding steroid dienone is 2. The molecule has 230 valence electrons. The van der Waals surface area contributed by atoms with E-state index in [-0.39, 0.29) is 26.2 Å². The summed E-state index contributed by atoms with van der Waals surface area (Å²) in [5.41, 5.74) is 5.24. The third kappa shape index (κ3) is 28.1. The normalized spacial score (nSPS) is 13.8. The van der Waals surface area contributed by atoms with E-state index >= 15 is 0 Å². The second-order valence-electron chi connectivity index (χ2n) is 10.0. The van der Waals surface area contributed by atoms with Crippen LogP contribution in [-0.2, 0) is 32.7 Å². The number of nitrogens with two attached hydrogens (primary N) is 1. The van der Waals surface area contributed by atoms with E-state index in [1.54, 1.807) is 0 Å². The van der Waals surface area contributed by atoms with Gasteiger partial charge >= 0.3 is 19.8 Å². The minimum Gasteiger partial charge on any atom is -0.462 e. The molecule has 0 aromatic carbocycles. The van der Waals surface area contributed by atoms with Crippen LogP contribution in [-0.4, -0.2) is 49.3 Å². The number of unbranched alkanes of at least 4 members (excludes halogenated alkanes) is 15. The van der Waals surface area contributed by atoms with Gasteiger partial charge in [-0.05, 0) is 32.1 Å². The molecule has 0 saturated heterocycles. The smallest absolute Gasteiger partial charge is 0.462 e. The van der Waals surface area contributed by atoms with Crippen LogP contribution in [0.15, 0.2) is 12.2 Å². The van der Waals surface area contributed by atoms with Gasteiger partial charge in [0.15, 0.2) is 6.10 Å². The first kappa shape index (κ1) is 37.8.